The molecular formula is C23H47N. The van der Waals surface area contributed by atoms with Gasteiger partial charge >= 0.3 is 0 Å². The van der Waals surface area contributed by atoms with Gasteiger partial charge in [-0.15, -0.1) is 0 Å². The minimum absolute atomic E-state index is 0.152. The molecule has 1 rings (SSSR count). The number of hydrogen-bond donors (Lipinski definition) is 0. The van der Waals surface area contributed by atoms with E-state index >= 15 is 0 Å². The molecule has 0 aliphatic carbocycles. The summed E-state index contributed by atoms with van der Waals surface area (Å²) >= 11 is 0. The first-order chi connectivity index (χ1) is 10.4. The van der Waals surface area contributed by atoms with Gasteiger partial charge in [-0.25, -0.2) is 0 Å². The summed E-state index contributed by atoms with van der Waals surface area (Å²) in [6.45, 7) is 32.3. The molecular weight excluding hydrogens is 290 g/mol. The summed E-state index contributed by atoms with van der Waals surface area (Å²) in [5, 5.41) is 0. The van der Waals surface area contributed by atoms with E-state index in [1.54, 1.807) is 0 Å². The average Bonchev–Trinajstić information content (AvgIpc) is 2.36. The Balaban J connectivity index is 3.98. The molecule has 0 aromatic rings. The predicted molar refractivity (Wildman–Crippen MR) is 109 cm³/mol. The van der Waals surface area contributed by atoms with E-state index < -0.39 is 0 Å². The lowest BCUT2D eigenvalue weighted by molar-refractivity contribution is -0.278. The average molecular weight is 338 g/mol. The van der Waals surface area contributed by atoms with E-state index in [1.165, 1.54) is 12.8 Å². The smallest absolute Gasteiger partial charge is 0.0314 e. The fraction of sp³-hybridized carbons (Fsp3) is 1.00. The molecule has 1 saturated heterocycles. The molecule has 0 spiro atoms. The first-order valence-electron chi connectivity index (χ1n) is 10.2. The Kier molecular flexibility index (Phi) is 5.25. The highest BCUT2D eigenvalue weighted by Crippen LogP contribution is 2.69. The van der Waals surface area contributed by atoms with E-state index in [9.17, 15) is 0 Å². The van der Waals surface area contributed by atoms with E-state index in [1.807, 2.05) is 0 Å². The second kappa shape index (κ2) is 5.73. The molecule has 24 heavy (non-hydrogen) atoms. The van der Waals surface area contributed by atoms with Crippen LogP contribution in [0.4, 0.5) is 0 Å². The largest absolute Gasteiger partial charge is 0.293 e. The van der Waals surface area contributed by atoms with Gasteiger partial charge in [0, 0.05) is 11.1 Å². The topological polar surface area (TPSA) is 3.24 Å². The Hall–Kier alpha value is -0.0400. The number of likely N-dealkylation sites (tertiary alicyclic amines) is 1. The van der Waals surface area contributed by atoms with Gasteiger partial charge in [0.05, 0.1) is 0 Å². The molecule has 0 aromatic heterocycles. The van der Waals surface area contributed by atoms with Crippen LogP contribution in [0.25, 0.3) is 0 Å². The van der Waals surface area contributed by atoms with Crippen molar-refractivity contribution >= 4 is 0 Å². The molecule has 1 aliphatic heterocycles. The van der Waals surface area contributed by atoms with E-state index in [-0.39, 0.29) is 32.7 Å². The minimum Gasteiger partial charge on any atom is -0.293 e. The van der Waals surface area contributed by atoms with E-state index in [0.717, 1.165) is 0 Å². The molecule has 0 bridgehead atoms. The molecule has 2 unspecified atom stereocenters. The van der Waals surface area contributed by atoms with Crippen molar-refractivity contribution in [2.24, 2.45) is 27.6 Å². The molecule has 1 heteroatoms. The molecule has 144 valence electrons. The van der Waals surface area contributed by atoms with Crippen molar-refractivity contribution in [3.8, 4) is 0 Å². The van der Waals surface area contributed by atoms with Gasteiger partial charge in [-0.2, -0.15) is 0 Å². The van der Waals surface area contributed by atoms with Crippen LogP contribution >= 0.6 is 0 Å². The van der Waals surface area contributed by atoms with Crippen LogP contribution in [-0.4, -0.2) is 23.0 Å². The fourth-order valence-electron chi connectivity index (χ4n) is 7.60. The van der Waals surface area contributed by atoms with Gasteiger partial charge in [-0.05, 0) is 47.5 Å². The van der Waals surface area contributed by atoms with Crippen LogP contribution in [0.2, 0.25) is 0 Å². The maximum atomic E-state index is 2.86. The molecule has 3 atom stereocenters. The molecule has 0 aromatic carbocycles. The zero-order valence-electron chi connectivity index (χ0n) is 19.4. The van der Waals surface area contributed by atoms with Gasteiger partial charge in [0.25, 0.3) is 0 Å². The van der Waals surface area contributed by atoms with Crippen LogP contribution in [0.5, 0.6) is 0 Å². The quantitative estimate of drug-likeness (QED) is 0.524. The number of rotatable bonds is 2. The Morgan fingerprint density at radius 3 is 1.46 bits per heavy atom. The van der Waals surface area contributed by atoms with Gasteiger partial charge < -0.3 is 0 Å². The highest BCUT2D eigenvalue weighted by molar-refractivity contribution is 5.24. The standard InChI is InChI=1S/C23H47N/c1-15-22(18(4,5)6)17(3)20(10,11)21(12,13)23(16-2,24(22)14)19(7,8)9/h17H,15-16H2,1-14H3/t17-,22?,23?/m0/s1. The Labute approximate surface area is 154 Å². The summed E-state index contributed by atoms with van der Waals surface area (Å²) in [6, 6.07) is 0. The highest BCUT2D eigenvalue weighted by atomic mass is 15.3. The first-order valence-corrected chi connectivity index (χ1v) is 10.2. The van der Waals surface area contributed by atoms with Gasteiger partial charge in [0.2, 0.25) is 0 Å². The highest BCUT2D eigenvalue weighted by Gasteiger charge is 2.71. The molecule has 0 radical (unpaired) electrons. The fourth-order valence-corrected chi connectivity index (χ4v) is 7.60. The summed E-state index contributed by atoms with van der Waals surface area (Å²) in [5.41, 5.74) is 1.25. The molecule has 0 amide bonds. The second-order valence-corrected chi connectivity index (χ2v) is 11.6. The summed E-state index contributed by atoms with van der Waals surface area (Å²) < 4.78 is 0. The number of nitrogens with zero attached hydrogens (tertiary/aromatic N) is 1. The monoisotopic (exact) mass is 337 g/mol. The van der Waals surface area contributed by atoms with Crippen molar-refractivity contribution in [3.05, 3.63) is 0 Å². The maximum Gasteiger partial charge on any atom is 0.0314 e. The van der Waals surface area contributed by atoms with Crippen LogP contribution in [0.1, 0.15) is 103 Å². The van der Waals surface area contributed by atoms with Crippen molar-refractivity contribution < 1.29 is 0 Å². The molecule has 1 aliphatic rings. The van der Waals surface area contributed by atoms with Crippen molar-refractivity contribution in [2.75, 3.05) is 7.05 Å². The summed E-state index contributed by atoms with van der Waals surface area (Å²) in [7, 11) is 2.44. The van der Waals surface area contributed by atoms with Gasteiger partial charge in [0.1, 0.15) is 0 Å². The second-order valence-electron chi connectivity index (χ2n) is 11.6. The van der Waals surface area contributed by atoms with Gasteiger partial charge in [-0.1, -0.05) is 90.0 Å². The maximum absolute atomic E-state index is 2.86. The minimum atomic E-state index is 0.152. The van der Waals surface area contributed by atoms with E-state index in [0.29, 0.717) is 5.92 Å². The zero-order chi connectivity index (χ0) is 19.6. The van der Waals surface area contributed by atoms with Crippen LogP contribution in [0.3, 0.4) is 0 Å². The van der Waals surface area contributed by atoms with Crippen molar-refractivity contribution in [1.82, 2.24) is 4.90 Å². The van der Waals surface area contributed by atoms with Crippen LogP contribution in [0, 0.1) is 27.6 Å². The lowest BCUT2D eigenvalue weighted by atomic mass is 9.38. The van der Waals surface area contributed by atoms with Crippen LogP contribution in [0.15, 0.2) is 0 Å². The van der Waals surface area contributed by atoms with E-state index in [4.69, 9.17) is 0 Å². The van der Waals surface area contributed by atoms with Crippen LogP contribution < -0.4 is 0 Å². The van der Waals surface area contributed by atoms with Crippen molar-refractivity contribution in [2.45, 2.75) is 114 Å². The predicted octanol–water partition coefficient (Wildman–Crippen LogP) is 7.01. The third kappa shape index (κ3) is 2.22. The van der Waals surface area contributed by atoms with Gasteiger partial charge in [-0.3, -0.25) is 4.90 Å². The molecule has 1 fully saturated rings. The molecule has 1 heterocycles. The number of piperidine rings is 1. The van der Waals surface area contributed by atoms with Gasteiger partial charge in [0.15, 0.2) is 0 Å². The summed E-state index contributed by atoms with van der Waals surface area (Å²) in [4.78, 5) is 2.86. The Morgan fingerprint density at radius 1 is 0.792 bits per heavy atom. The zero-order valence-corrected chi connectivity index (χ0v) is 19.4. The molecule has 0 N–H and O–H groups in total. The molecule has 1 nitrogen and oxygen atoms in total. The van der Waals surface area contributed by atoms with Crippen molar-refractivity contribution in [1.29, 1.82) is 0 Å². The number of hydrogen-bond acceptors (Lipinski definition) is 1. The summed E-state index contributed by atoms with van der Waals surface area (Å²) in [6.07, 6.45) is 2.39. The summed E-state index contributed by atoms with van der Waals surface area (Å²) in [5.74, 6) is 0.622. The SMILES string of the molecule is CCC1(C(C)(C)C)[C@@H](C)C(C)(C)C(C)(C)C(CC)(C(C)(C)C)N1C. The van der Waals surface area contributed by atoms with Crippen molar-refractivity contribution in [3.63, 3.8) is 0 Å². The Bertz CT molecular complexity index is 459. The lowest BCUT2D eigenvalue weighted by Gasteiger charge is -2.77. The third-order valence-corrected chi connectivity index (χ3v) is 9.20. The third-order valence-electron chi connectivity index (χ3n) is 9.20. The first kappa shape index (κ1) is 22.0. The normalized spacial score (nSPS) is 37.5. The van der Waals surface area contributed by atoms with Crippen LogP contribution in [-0.2, 0) is 0 Å². The Morgan fingerprint density at radius 2 is 1.21 bits per heavy atom. The molecule has 0 saturated carbocycles. The lowest BCUT2D eigenvalue weighted by Crippen LogP contribution is -2.82. The van der Waals surface area contributed by atoms with E-state index in [2.05, 4.69) is 102 Å².